The molecule has 0 spiro atoms. The lowest BCUT2D eigenvalue weighted by Crippen LogP contribution is -2.60. The van der Waals surface area contributed by atoms with Crippen LogP contribution < -0.4 is 0 Å². The highest BCUT2D eigenvalue weighted by atomic mass is 16.7. The minimum atomic E-state index is -1.83. The Morgan fingerprint density at radius 3 is 2.84 bits per heavy atom. The zero-order chi connectivity index (χ0) is 14.0. The number of fused-ring (bicyclic) bond motifs is 2. The van der Waals surface area contributed by atoms with Crippen LogP contribution in [-0.4, -0.2) is 28.1 Å². The normalized spacial score (nSPS) is 45.9. The van der Waals surface area contributed by atoms with Gasteiger partial charge in [0, 0.05) is 16.6 Å². The van der Waals surface area contributed by atoms with Gasteiger partial charge in [0.25, 0.3) is 5.79 Å². The highest BCUT2D eigenvalue weighted by Crippen LogP contribution is 2.58. The summed E-state index contributed by atoms with van der Waals surface area (Å²) >= 11 is 0. The first-order chi connectivity index (χ1) is 8.80. The van der Waals surface area contributed by atoms with Crippen molar-refractivity contribution in [2.75, 3.05) is 0 Å². The number of carbonyl (C=O) groups is 1. The fourth-order valence-corrected chi connectivity index (χ4v) is 4.06. The van der Waals surface area contributed by atoms with Crippen molar-refractivity contribution in [3.8, 4) is 0 Å². The molecule has 1 heterocycles. The third-order valence-corrected chi connectivity index (χ3v) is 5.35. The first-order valence-electron chi connectivity index (χ1n) is 6.82. The molecule has 2 aliphatic carbocycles. The van der Waals surface area contributed by atoms with Crippen molar-refractivity contribution in [2.45, 2.75) is 51.4 Å². The standard InChI is InChI=1S/C15H20O4/c1-8-5-4-6-14(3)10(8)7-11-9(2)12(16)19-15(11,18)13(14)17/h10,13,17-18H,1,4-7H2,2-3H3. The summed E-state index contributed by atoms with van der Waals surface area (Å²) in [4.78, 5) is 11.7. The maximum atomic E-state index is 11.7. The molecule has 3 aliphatic rings. The van der Waals surface area contributed by atoms with Gasteiger partial charge in [0.15, 0.2) is 0 Å². The zero-order valence-electron chi connectivity index (χ0n) is 11.4. The van der Waals surface area contributed by atoms with Crippen LogP contribution in [0.1, 0.15) is 39.5 Å². The van der Waals surface area contributed by atoms with E-state index in [2.05, 4.69) is 6.58 Å². The van der Waals surface area contributed by atoms with E-state index in [-0.39, 0.29) is 5.92 Å². The van der Waals surface area contributed by atoms with E-state index in [4.69, 9.17) is 4.74 Å². The van der Waals surface area contributed by atoms with E-state index in [9.17, 15) is 15.0 Å². The van der Waals surface area contributed by atoms with Gasteiger partial charge in [-0.05, 0) is 38.5 Å². The predicted octanol–water partition coefficient (Wildman–Crippen LogP) is 1.68. The van der Waals surface area contributed by atoms with Crippen LogP contribution in [0.4, 0.5) is 0 Å². The average molecular weight is 264 g/mol. The maximum Gasteiger partial charge on any atom is 0.336 e. The van der Waals surface area contributed by atoms with E-state index < -0.39 is 23.3 Å². The summed E-state index contributed by atoms with van der Waals surface area (Å²) in [6.07, 6.45) is 2.18. The first-order valence-corrected chi connectivity index (χ1v) is 6.82. The topological polar surface area (TPSA) is 66.8 Å². The lowest BCUT2D eigenvalue weighted by Gasteiger charge is -2.53. The molecular formula is C15H20O4. The van der Waals surface area contributed by atoms with E-state index in [0.717, 1.165) is 24.8 Å². The monoisotopic (exact) mass is 264 g/mol. The van der Waals surface area contributed by atoms with Gasteiger partial charge in [0.1, 0.15) is 6.10 Å². The molecule has 0 amide bonds. The molecule has 104 valence electrons. The number of carbonyl (C=O) groups excluding carboxylic acids is 1. The van der Waals surface area contributed by atoms with Crippen molar-refractivity contribution in [2.24, 2.45) is 11.3 Å². The average Bonchev–Trinajstić information content (AvgIpc) is 2.56. The third-order valence-electron chi connectivity index (χ3n) is 5.35. The van der Waals surface area contributed by atoms with Crippen molar-refractivity contribution in [3.63, 3.8) is 0 Å². The molecule has 4 atom stereocenters. The van der Waals surface area contributed by atoms with Crippen LogP contribution >= 0.6 is 0 Å². The van der Waals surface area contributed by atoms with E-state index in [0.29, 0.717) is 17.6 Å². The van der Waals surface area contributed by atoms with Crippen LogP contribution in [0.15, 0.2) is 23.3 Å². The number of hydrogen-bond donors (Lipinski definition) is 2. The number of aliphatic hydroxyl groups is 2. The molecule has 0 aromatic rings. The van der Waals surface area contributed by atoms with Crippen LogP contribution in [0.25, 0.3) is 0 Å². The Hall–Kier alpha value is -1.13. The molecule has 0 aromatic carbocycles. The highest BCUT2D eigenvalue weighted by Gasteiger charge is 2.63. The Morgan fingerprint density at radius 1 is 1.47 bits per heavy atom. The van der Waals surface area contributed by atoms with E-state index in [1.807, 2.05) is 6.92 Å². The van der Waals surface area contributed by atoms with Gasteiger partial charge in [-0.25, -0.2) is 4.79 Å². The molecule has 4 nitrogen and oxygen atoms in total. The van der Waals surface area contributed by atoms with Crippen LogP contribution in [0.5, 0.6) is 0 Å². The van der Waals surface area contributed by atoms with Gasteiger partial charge in [-0.1, -0.05) is 19.1 Å². The molecule has 0 saturated heterocycles. The van der Waals surface area contributed by atoms with Crippen LogP contribution in [0.2, 0.25) is 0 Å². The van der Waals surface area contributed by atoms with Gasteiger partial charge in [0.2, 0.25) is 0 Å². The van der Waals surface area contributed by atoms with Gasteiger partial charge >= 0.3 is 5.97 Å². The summed E-state index contributed by atoms with van der Waals surface area (Å²) in [5.74, 6) is -2.25. The molecule has 4 heteroatoms. The summed E-state index contributed by atoms with van der Waals surface area (Å²) in [6.45, 7) is 7.73. The second kappa shape index (κ2) is 3.70. The molecule has 19 heavy (non-hydrogen) atoms. The highest BCUT2D eigenvalue weighted by molar-refractivity contribution is 5.92. The number of rotatable bonds is 0. The van der Waals surface area contributed by atoms with Crippen LogP contribution in [0, 0.1) is 11.3 Å². The lowest BCUT2D eigenvalue weighted by atomic mass is 9.55. The van der Waals surface area contributed by atoms with Crippen LogP contribution in [0.3, 0.4) is 0 Å². The van der Waals surface area contributed by atoms with Gasteiger partial charge in [0.05, 0.1) is 0 Å². The molecule has 0 radical (unpaired) electrons. The van der Waals surface area contributed by atoms with E-state index in [1.165, 1.54) is 0 Å². The second-order valence-corrected chi connectivity index (χ2v) is 6.37. The smallest absolute Gasteiger partial charge is 0.336 e. The number of esters is 1. The second-order valence-electron chi connectivity index (χ2n) is 6.37. The quantitative estimate of drug-likeness (QED) is 0.516. The van der Waals surface area contributed by atoms with Crippen molar-refractivity contribution < 1.29 is 19.7 Å². The molecule has 4 unspecified atom stereocenters. The van der Waals surface area contributed by atoms with E-state index in [1.54, 1.807) is 6.92 Å². The van der Waals surface area contributed by atoms with Crippen molar-refractivity contribution in [1.82, 2.24) is 0 Å². The molecule has 0 bridgehead atoms. The van der Waals surface area contributed by atoms with Gasteiger partial charge in [-0.2, -0.15) is 0 Å². The summed E-state index contributed by atoms with van der Waals surface area (Å²) < 4.78 is 5.09. The third kappa shape index (κ3) is 1.44. The van der Waals surface area contributed by atoms with Gasteiger partial charge in [-0.15, -0.1) is 0 Å². The van der Waals surface area contributed by atoms with E-state index >= 15 is 0 Å². The van der Waals surface area contributed by atoms with Crippen molar-refractivity contribution in [3.05, 3.63) is 23.3 Å². The fraction of sp³-hybridized carbons (Fsp3) is 0.667. The summed E-state index contributed by atoms with van der Waals surface area (Å²) in [5, 5.41) is 21.3. The molecular weight excluding hydrogens is 244 g/mol. The Balaban J connectivity index is 2.11. The first kappa shape index (κ1) is 12.9. The molecule has 2 N–H and O–H groups in total. The Bertz CT molecular complexity index is 506. The molecule has 1 aliphatic heterocycles. The van der Waals surface area contributed by atoms with Gasteiger partial charge in [-0.3, -0.25) is 0 Å². The SMILES string of the molecule is C=C1CCCC2(C)C1CC1=C(C)C(=O)OC1(O)C2O. The number of hydrogen-bond acceptors (Lipinski definition) is 4. The Labute approximate surface area is 112 Å². The molecule has 2 fully saturated rings. The summed E-state index contributed by atoms with van der Waals surface area (Å²) in [5.41, 5.74) is 1.60. The lowest BCUT2D eigenvalue weighted by molar-refractivity contribution is -0.258. The predicted molar refractivity (Wildman–Crippen MR) is 69.0 cm³/mol. The molecule has 3 rings (SSSR count). The minimum absolute atomic E-state index is 0.107. The molecule has 2 saturated carbocycles. The fourth-order valence-electron chi connectivity index (χ4n) is 4.06. The van der Waals surface area contributed by atoms with Gasteiger partial charge < -0.3 is 14.9 Å². The summed E-state index contributed by atoms with van der Waals surface area (Å²) in [6, 6.07) is 0. The number of allylic oxidation sites excluding steroid dienone is 1. The largest absolute Gasteiger partial charge is 0.423 e. The van der Waals surface area contributed by atoms with Crippen molar-refractivity contribution >= 4 is 5.97 Å². The summed E-state index contributed by atoms with van der Waals surface area (Å²) in [7, 11) is 0. The number of aliphatic hydroxyl groups excluding tert-OH is 1. The van der Waals surface area contributed by atoms with Crippen molar-refractivity contribution in [1.29, 1.82) is 0 Å². The number of ether oxygens (including phenoxy) is 1. The van der Waals surface area contributed by atoms with Crippen LogP contribution in [-0.2, 0) is 9.53 Å². The Morgan fingerprint density at radius 2 is 2.16 bits per heavy atom. The zero-order valence-corrected chi connectivity index (χ0v) is 11.4. The maximum absolute atomic E-state index is 11.7. The minimum Gasteiger partial charge on any atom is -0.423 e. The molecule has 0 aromatic heterocycles. The Kier molecular flexibility index (Phi) is 2.51.